The average molecular weight is 271 g/mol. The van der Waals surface area contributed by atoms with E-state index in [1.807, 2.05) is 0 Å². The molecule has 1 aromatic rings. The van der Waals surface area contributed by atoms with E-state index < -0.39 is 12.1 Å². The Morgan fingerprint density at radius 1 is 1.61 bits per heavy atom. The second-order valence-corrected chi connectivity index (χ2v) is 3.65. The number of anilines is 1. The fraction of sp³-hybridized carbons (Fsp3) is 0.182. The molecule has 0 saturated heterocycles. The minimum absolute atomic E-state index is 0.0201. The SMILES string of the molecule is C=CCOC(=O)N(C)c1cc(C(=O)O)cc(Cl)n1. The van der Waals surface area contributed by atoms with Gasteiger partial charge in [-0.3, -0.25) is 4.90 Å². The lowest BCUT2D eigenvalue weighted by Crippen LogP contribution is -2.28. The van der Waals surface area contributed by atoms with Crippen molar-refractivity contribution < 1.29 is 19.4 Å². The third-order valence-corrected chi connectivity index (χ3v) is 2.16. The molecule has 1 heterocycles. The summed E-state index contributed by atoms with van der Waals surface area (Å²) < 4.78 is 4.79. The van der Waals surface area contributed by atoms with Crippen LogP contribution in [0.4, 0.5) is 10.6 Å². The van der Waals surface area contributed by atoms with Crippen molar-refractivity contribution in [3.8, 4) is 0 Å². The molecule has 7 heteroatoms. The first-order valence-electron chi connectivity index (χ1n) is 4.88. The molecule has 0 bridgehead atoms. The molecule has 0 fully saturated rings. The number of rotatable bonds is 4. The first kappa shape index (κ1) is 14.0. The van der Waals surface area contributed by atoms with Gasteiger partial charge in [0.15, 0.2) is 0 Å². The first-order valence-corrected chi connectivity index (χ1v) is 5.25. The highest BCUT2D eigenvalue weighted by atomic mass is 35.5. The van der Waals surface area contributed by atoms with Crippen LogP contribution < -0.4 is 4.90 Å². The number of nitrogens with zero attached hydrogens (tertiary/aromatic N) is 2. The van der Waals surface area contributed by atoms with Gasteiger partial charge in [0.25, 0.3) is 0 Å². The van der Waals surface area contributed by atoms with E-state index in [0.29, 0.717) is 0 Å². The molecule has 1 amide bonds. The molecule has 0 saturated carbocycles. The van der Waals surface area contributed by atoms with Crippen molar-refractivity contribution in [2.45, 2.75) is 0 Å². The summed E-state index contributed by atoms with van der Waals surface area (Å²) in [6.45, 7) is 3.46. The van der Waals surface area contributed by atoms with Crippen molar-refractivity contribution >= 4 is 29.5 Å². The van der Waals surface area contributed by atoms with Gasteiger partial charge in [-0.15, -0.1) is 0 Å². The van der Waals surface area contributed by atoms with E-state index in [-0.39, 0.29) is 23.1 Å². The molecule has 0 radical (unpaired) electrons. The van der Waals surface area contributed by atoms with E-state index in [9.17, 15) is 9.59 Å². The molecule has 1 aromatic heterocycles. The van der Waals surface area contributed by atoms with Gasteiger partial charge >= 0.3 is 12.1 Å². The number of pyridine rings is 1. The molecule has 1 rings (SSSR count). The number of carbonyl (C=O) groups is 2. The molecule has 0 atom stereocenters. The summed E-state index contributed by atoms with van der Waals surface area (Å²) in [7, 11) is 1.40. The third kappa shape index (κ3) is 3.46. The maximum Gasteiger partial charge on any atom is 0.415 e. The average Bonchev–Trinajstić information content (AvgIpc) is 2.34. The van der Waals surface area contributed by atoms with E-state index in [1.54, 1.807) is 0 Å². The summed E-state index contributed by atoms with van der Waals surface area (Å²) in [5.41, 5.74) is -0.0617. The molecule has 0 aromatic carbocycles. The molecule has 0 aliphatic heterocycles. The minimum Gasteiger partial charge on any atom is -0.478 e. The number of carboxylic acids is 1. The zero-order valence-electron chi connectivity index (χ0n) is 9.59. The van der Waals surface area contributed by atoms with Crippen LogP contribution in [0.5, 0.6) is 0 Å². The maximum atomic E-state index is 11.5. The predicted molar refractivity (Wildman–Crippen MR) is 66.2 cm³/mol. The number of halogens is 1. The predicted octanol–water partition coefficient (Wildman–Crippen LogP) is 2.19. The van der Waals surface area contributed by atoms with Crippen LogP contribution in [0.25, 0.3) is 0 Å². The monoisotopic (exact) mass is 270 g/mol. The minimum atomic E-state index is -1.16. The van der Waals surface area contributed by atoms with Crippen molar-refractivity contribution in [2.24, 2.45) is 0 Å². The quantitative estimate of drug-likeness (QED) is 0.670. The maximum absolute atomic E-state index is 11.5. The van der Waals surface area contributed by atoms with E-state index in [1.165, 1.54) is 25.3 Å². The zero-order valence-corrected chi connectivity index (χ0v) is 10.3. The Balaban J connectivity index is 2.98. The Morgan fingerprint density at radius 3 is 2.83 bits per heavy atom. The van der Waals surface area contributed by atoms with Crippen molar-refractivity contribution in [1.82, 2.24) is 4.98 Å². The van der Waals surface area contributed by atoms with Crippen LogP contribution in [0.3, 0.4) is 0 Å². The Labute approximate surface area is 108 Å². The topological polar surface area (TPSA) is 79.7 Å². The number of carbonyl (C=O) groups excluding carboxylic acids is 1. The number of aromatic carboxylic acids is 1. The highest BCUT2D eigenvalue weighted by molar-refractivity contribution is 6.29. The van der Waals surface area contributed by atoms with E-state index in [0.717, 1.165) is 4.90 Å². The molecule has 96 valence electrons. The van der Waals surface area contributed by atoms with Crippen LogP contribution in [0.15, 0.2) is 24.8 Å². The lowest BCUT2D eigenvalue weighted by molar-refractivity contribution is 0.0696. The number of hydrogen-bond acceptors (Lipinski definition) is 4. The van der Waals surface area contributed by atoms with Gasteiger partial charge in [0.1, 0.15) is 17.6 Å². The van der Waals surface area contributed by atoms with Crippen LogP contribution in [-0.2, 0) is 4.74 Å². The smallest absolute Gasteiger partial charge is 0.415 e. The lowest BCUT2D eigenvalue weighted by atomic mass is 10.2. The van der Waals surface area contributed by atoms with Crippen molar-refractivity contribution in [3.63, 3.8) is 0 Å². The van der Waals surface area contributed by atoms with Crippen molar-refractivity contribution in [2.75, 3.05) is 18.6 Å². The van der Waals surface area contributed by atoms with Gasteiger partial charge in [-0.25, -0.2) is 14.6 Å². The molecule has 0 unspecified atom stereocenters. The van der Waals surface area contributed by atoms with E-state index in [4.69, 9.17) is 21.4 Å². The zero-order chi connectivity index (χ0) is 13.7. The largest absolute Gasteiger partial charge is 0.478 e. The van der Waals surface area contributed by atoms with Crippen LogP contribution in [0.2, 0.25) is 5.15 Å². The van der Waals surface area contributed by atoms with E-state index in [2.05, 4.69) is 11.6 Å². The fourth-order valence-corrected chi connectivity index (χ4v) is 1.30. The van der Waals surface area contributed by atoms with Crippen molar-refractivity contribution in [3.05, 3.63) is 35.5 Å². The number of amides is 1. The summed E-state index contributed by atoms with van der Waals surface area (Å²) in [4.78, 5) is 27.3. The van der Waals surface area contributed by atoms with Crippen LogP contribution in [-0.4, -0.2) is 35.8 Å². The second-order valence-electron chi connectivity index (χ2n) is 3.27. The summed E-state index contributed by atoms with van der Waals surface area (Å²) >= 11 is 5.68. The van der Waals surface area contributed by atoms with Gasteiger partial charge < -0.3 is 9.84 Å². The van der Waals surface area contributed by atoms with Gasteiger partial charge in [-0.1, -0.05) is 24.3 Å². The van der Waals surface area contributed by atoms with Crippen molar-refractivity contribution in [1.29, 1.82) is 0 Å². The molecular formula is C11H11ClN2O4. The van der Waals surface area contributed by atoms with Crippen LogP contribution >= 0.6 is 11.6 Å². The number of carboxylic acid groups (broad SMARTS) is 1. The van der Waals surface area contributed by atoms with Gasteiger partial charge in [0.2, 0.25) is 0 Å². The van der Waals surface area contributed by atoms with Gasteiger partial charge in [0.05, 0.1) is 5.56 Å². The van der Waals surface area contributed by atoms with Gasteiger partial charge in [-0.2, -0.15) is 0 Å². The molecule has 0 spiro atoms. The van der Waals surface area contributed by atoms with Gasteiger partial charge in [-0.05, 0) is 12.1 Å². The summed E-state index contributed by atoms with van der Waals surface area (Å²) in [5.74, 6) is -1.07. The van der Waals surface area contributed by atoms with Crippen LogP contribution in [0, 0.1) is 0 Å². The molecule has 0 aliphatic carbocycles. The summed E-state index contributed by atoms with van der Waals surface area (Å²) in [6, 6.07) is 2.42. The molecular weight excluding hydrogens is 260 g/mol. The standard InChI is InChI=1S/C11H11ClN2O4/c1-3-4-18-11(17)14(2)9-6-7(10(15)16)5-8(12)13-9/h3,5-6H,1,4H2,2H3,(H,15,16). The third-order valence-electron chi connectivity index (χ3n) is 1.97. The molecule has 18 heavy (non-hydrogen) atoms. The first-order chi connectivity index (χ1) is 8.45. The number of hydrogen-bond donors (Lipinski definition) is 1. The Bertz CT molecular complexity index is 490. The molecule has 1 N–H and O–H groups in total. The highest BCUT2D eigenvalue weighted by Gasteiger charge is 2.16. The lowest BCUT2D eigenvalue weighted by Gasteiger charge is -2.16. The summed E-state index contributed by atoms with van der Waals surface area (Å²) in [6.07, 6.45) is 0.737. The highest BCUT2D eigenvalue weighted by Crippen LogP contribution is 2.18. The second kappa shape index (κ2) is 6.02. The Morgan fingerprint density at radius 2 is 2.28 bits per heavy atom. The molecule has 0 aliphatic rings. The van der Waals surface area contributed by atoms with E-state index >= 15 is 0 Å². The Hall–Kier alpha value is -2.08. The number of ether oxygens (including phenoxy) is 1. The fourth-order valence-electron chi connectivity index (χ4n) is 1.10. The number of aromatic nitrogens is 1. The van der Waals surface area contributed by atoms with Crippen LogP contribution in [0.1, 0.15) is 10.4 Å². The Kier molecular flexibility index (Phi) is 4.67. The normalized spacial score (nSPS) is 9.67. The molecule has 6 nitrogen and oxygen atoms in total. The summed E-state index contributed by atoms with van der Waals surface area (Å²) in [5, 5.41) is 8.84. The van der Waals surface area contributed by atoms with Gasteiger partial charge in [0, 0.05) is 7.05 Å².